The van der Waals surface area contributed by atoms with Gasteiger partial charge in [0, 0.05) is 12.6 Å². The maximum Gasteiger partial charge on any atom is 0.174 e. The molecule has 4 heteroatoms. The first-order chi connectivity index (χ1) is 9.40. The van der Waals surface area contributed by atoms with E-state index in [1.807, 2.05) is 6.07 Å². The van der Waals surface area contributed by atoms with Crippen LogP contribution >= 0.6 is 0 Å². The quantitative estimate of drug-likeness (QED) is 0.929. The molecule has 1 aromatic heterocycles. The standard InChI is InChI=1S/C16H22N2O2/c1-11-5-6-14(16(2,3)4)15(7-11)19-10-13-8-12(9-17)18-20-13/h5-8H,9-10,17H2,1-4H3. The molecule has 108 valence electrons. The number of aromatic nitrogens is 1. The average Bonchev–Trinajstić information content (AvgIpc) is 2.83. The van der Waals surface area contributed by atoms with Crippen LogP contribution in [0, 0.1) is 6.92 Å². The van der Waals surface area contributed by atoms with E-state index in [4.69, 9.17) is 15.0 Å². The van der Waals surface area contributed by atoms with Crippen LogP contribution in [0.25, 0.3) is 0 Å². The Balaban J connectivity index is 2.18. The highest BCUT2D eigenvalue weighted by Crippen LogP contribution is 2.32. The van der Waals surface area contributed by atoms with E-state index in [-0.39, 0.29) is 5.41 Å². The third-order valence-corrected chi connectivity index (χ3v) is 3.13. The number of hydrogen-bond acceptors (Lipinski definition) is 4. The summed E-state index contributed by atoms with van der Waals surface area (Å²) >= 11 is 0. The van der Waals surface area contributed by atoms with E-state index in [1.54, 1.807) is 0 Å². The summed E-state index contributed by atoms with van der Waals surface area (Å²) in [7, 11) is 0. The second kappa shape index (κ2) is 5.67. The fourth-order valence-electron chi connectivity index (χ4n) is 2.04. The summed E-state index contributed by atoms with van der Waals surface area (Å²) in [6, 6.07) is 8.11. The van der Waals surface area contributed by atoms with E-state index in [0.717, 1.165) is 11.4 Å². The van der Waals surface area contributed by atoms with E-state index in [0.29, 0.717) is 18.9 Å². The van der Waals surface area contributed by atoms with Gasteiger partial charge in [-0.1, -0.05) is 38.1 Å². The summed E-state index contributed by atoms with van der Waals surface area (Å²) in [6.45, 7) is 9.31. The van der Waals surface area contributed by atoms with E-state index < -0.39 is 0 Å². The number of benzene rings is 1. The van der Waals surface area contributed by atoms with Crippen molar-refractivity contribution in [2.45, 2.75) is 46.3 Å². The molecule has 1 aromatic carbocycles. The highest BCUT2D eigenvalue weighted by molar-refractivity contribution is 5.41. The summed E-state index contributed by atoms with van der Waals surface area (Å²) < 4.78 is 11.1. The fourth-order valence-corrected chi connectivity index (χ4v) is 2.04. The van der Waals surface area contributed by atoms with Gasteiger partial charge in [-0.3, -0.25) is 0 Å². The molecule has 4 nitrogen and oxygen atoms in total. The summed E-state index contributed by atoms with van der Waals surface area (Å²) in [5, 5.41) is 3.86. The number of hydrogen-bond donors (Lipinski definition) is 1. The lowest BCUT2D eigenvalue weighted by atomic mass is 9.86. The summed E-state index contributed by atoms with van der Waals surface area (Å²) in [5.74, 6) is 1.58. The first-order valence-corrected chi connectivity index (χ1v) is 6.78. The van der Waals surface area contributed by atoms with Gasteiger partial charge in [-0.2, -0.15) is 0 Å². The lowest BCUT2D eigenvalue weighted by Gasteiger charge is -2.23. The minimum Gasteiger partial charge on any atom is -0.485 e. The van der Waals surface area contributed by atoms with Gasteiger partial charge in [0.05, 0.1) is 5.69 Å². The van der Waals surface area contributed by atoms with Gasteiger partial charge in [0.1, 0.15) is 12.4 Å². The molecule has 20 heavy (non-hydrogen) atoms. The van der Waals surface area contributed by atoms with E-state index in [1.165, 1.54) is 11.1 Å². The topological polar surface area (TPSA) is 61.3 Å². The molecule has 0 amide bonds. The van der Waals surface area contributed by atoms with Crippen molar-refractivity contribution < 1.29 is 9.26 Å². The molecule has 0 fully saturated rings. The van der Waals surface area contributed by atoms with Crippen molar-refractivity contribution in [3.63, 3.8) is 0 Å². The molecule has 2 rings (SSSR count). The second-order valence-electron chi connectivity index (χ2n) is 6.03. The largest absolute Gasteiger partial charge is 0.485 e. The van der Waals surface area contributed by atoms with Crippen LogP contribution in [0.5, 0.6) is 5.75 Å². The molecular weight excluding hydrogens is 252 g/mol. The minimum absolute atomic E-state index is 0.0346. The molecule has 0 spiro atoms. The van der Waals surface area contributed by atoms with Crippen molar-refractivity contribution in [3.05, 3.63) is 46.8 Å². The highest BCUT2D eigenvalue weighted by Gasteiger charge is 2.19. The number of rotatable bonds is 4. The normalized spacial score (nSPS) is 11.7. The van der Waals surface area contributed by atoms with Crippen LogP contribution in [-0.4, -0.2) is 5.16 Å². The lowest BCUT2D eigenvalue weighted by Crippen LogP contribution is -2.13. The molecule has 0 aliphatic carbocycles. The number of nitrogens with two attached hydrogens (primary N) is 1. The van der Waals surface area contributed by atoms with Crippen molar-refractivity contribution in [2.75, 3.05) is 0 Å². The number of aryl methyl sites for hydroxylation is 1. The molecule has 0 unspecified atom stereocenters. The monoisotopic (exact) mass is 274 g/mol. The van der Waals surface area contributed by atoms with Gasteiger partial charge in [0.2, 0.25) is 0 Å². The SMILES string of the molecule is Cc1ccc(C(C)(C)C)c(OCc2cc(CN)no2)c1. The fraction of sp³-hybridized carbons (Fsp3) is 0.438. The van der Waals surface area contributed by atoms with Crippen LogP contribution < -0.4 is 10.5 Å². The third kappa shape index (κ3) is 3.39. The Bertz CT molecular complexity index is 582. The smallest absolute Gasteiger partial charge is 0.174 e. The predicted molar refractivity (Wildman–Crippen MR) is 78.6 cm³/mol. The van der Waals surface area contributed by atoms with Crippen LogP contribution in [-0.2, 0) is 18.6 Å². The zero-order chi connectivity index (χ0) is 14.8. The molecule has 0 aliphatic rings. The van der Waals surface area contributed by atoms with Crippen LogP contribution in [0.2, 0.25) is 0 Å². The van der Waals surface area contributed by atoms with Crippen LogP contribution in [0.4, 0.5) is 0 Å². The minimum atomic E-state index is 0.0346. The zero-order valence-corrected chi connectivity index (χ0v) is 12.6. The van der Waals surface area contributed by atoms with Crippen LogP contribution in [0.1, 0.15) is 43.4 Å². The predicted octanol–water partition coefficient (Wildman–Crippen LogP) is 3.32. The molecule has 2 aromatic rings. The van der Waals surface area contributed by atoms with Crippen LogP contribution in [0.15, 0.2) is 28.8 Å². The molecular formula is C16H22N2O2. The van der Waals surface area contributed by atoms with Crippen molar-refractivity contribution in [1.82, 2.24) is 5.16 Å². The first kappa shape index (κ1) is 14.6. The number of nitrogens with zero attached hydrogens (tertiary/aromatic N) is 1. The van der Waals surface area contributed by atoms with Gasteiger partial charge in [0.15, 0.2) is 5.76 Å². The van der Waals surface area contributed by atoms with Crippen LogP contribution in [0.3, 0.4) is 0 Å². The third-order valence-electron chi connectivity index (χ3n) is 3.13. The first-order valence-electron chi connectivity index (χ1n) is 6.78. The van der Waals surface area contributed by atoms with E-state index >= 15 is 0 Å². The van der Waals surface area contributed by atoms with Gasteiger partial charge in [-0.15, -0.1) is 0 Å². The molecule has 0 radical (unpaired) electrons. The van der Waals surface area contributed by atoms with Crippen molar-refractivity contribution in [2.24, 2.45) is 5.73 Å². The highest BCUT2D eigenvalue weighted by atomic mass is 16.5. The molecule has 1 heterocycles. The molecule has 0 saturated carbocycles. The Morgan fingerprint density at radius 1 is 1.25 bits per heavy atom. The van der Waals surface area contributed by atoms with Gasteiger partial charge in [-0.05, 0) is 29.5 Å². The average molecular weight is 274 g/mol. The summed E-state index contributed by atoms with van der Waals surface area (Å²) in [4.78, 5) is 0. The van der Waals surface area contributed by atoms with Gasteiger partial charge in [-0.25, -0.2) is 0 Å². The Kier molecular flexibility index (Phi) is 4.14. The number of ether oxygens (including phenoxy) is 1. The van der Waals surface area contributed by atoms with Gasteiger partial charge in [0.25, 0.3) is 0 Å². The molecule has 0 atom stereocenters. The molecule has 2 N–H and O–H groups in total. The maximum absolute atomic E-state index is 5.91. The van der Waals surface area contributed by atoms with Crippen molar-refractivity contribution in [3.8, 4) is 5.75 Å². The maximum atomic E-state index is 5.91. The molecule has 0 aliphatic heterocycles. The summed E-state index contributed by atoms with van der Waals surface area (Å²) in [6.07, 6.45) is 0. The summed E-state index contributed by atoms with van der Waals surface area (Å²) in [5.41, 5.74) is 8.64. The second-order valence-corrected chi connectivity index (χ2v) is 6.03. The Morgan fingerprint density at radius 3 is 2.60 bits per heavy atom. The Labute approximate surface area is 119 Å². The molecule has 0 saturated heterocycles. The van der Waals surface area contributed by atoms with Crippen molar-refractivity contribution >= 4 is 0 Å². The Morgan fingerprint density at radius 2 is 2.00 bits per heavy atom. The van der Waals surface area contributed by atoms with Crippen molar-refractivity contribution in [1.29, 1.82) is 0 Å². The van der Waals surface area contributed by atoms with Gasteiger partial charge >= 0.3 is 0 Å². The Hall–Kier alpha value is -1.81. The van der Waals surface area contributed by atoms with E-state index in [2.05, 4.69) is 51.1 Å². The lowest BCUT2D eigenvalue weighted by molar-refractivity contribution is 0.244. The van der Waals surface area contributed by atoms with Gasteiger partial charge < -0.3 is 15.0 Å². The zero-order valence-electron chi connectivity index (χ0n) is 12.6. The molecule has 0 bridgehead atoms. The van der Waals surface area contributed by atoms with E-state index in [9.17, 15) is 0 Å².